The summed E-state index contributed by atoms with van der Waals surface area (Å²) in [6, 6.07) is 7.22. The molecule has 2 aromatic rings. The molecule has 3 saturated carbocycles. The fraction of sp³-hybridized carbons (Fsp3) is 0.440. The number of ether oxygens (including phenoxy) is 2. The first-order chi connectivity index (χ1) is 16.2. The number of fused-ring (bicyclic) bond motifs is 3. The molecule has 5 rings (SSSR count). The molecule has 0 aliphatic heterocycles. The lowest BCUT2D eigenvalue weighted by molar-refractivity contribution is -0.158. The Kier molecular flexibility index (Phi) is 6.47. The molecule has 3 aliphatic rings. The summed E-state index contributed by atoms with van der Waals surface area (Å²) in [4.78, 5) is 24.1. The lowest BCUT2D eigenvalue weighted by atomic mass is 9.53. The molecule has 182 valence electrons. The number of carboxylic acids is 1. The average Bonchev–Trinajstić information content (AvgIpc) is 2.86. The molecule has 0 spiro atoms. The maximum atomic E-state index is 14.6. The van der Waals surface area contributed by atoms with Gasteiger partial charge in [-0.25, -0.2) is 8.78 Å². The summed E-state index contributed by atoms with van der Waals surface area (Å²) in [6.45, 7) is -0.0108. The lowest BCUT2D eigenvalue weighted by Crippen LogP contribution is -2.50. The number of methoxy groups -OCH3 is 1. The monoisotopic (exact) mass is 477 g/mol. The van der Waals surface area contributed by atoms with E-state index in [0.29, 0.717) is 55.9 Å². The van der Waals surface area contributed by atoms with E-state index in [1.165, 1.54) is 7.11 Å². The molecule has 0 atom stereocenters. The third-order valence-corrected chi connectivity index (χ3v) is 7.38. The van der Waals surface area contributed by atoms with Crippen molar-refractivity contribution in [2.24, 2.45) is 10.8 Å². The Hall–Kier alpha value is -3.23. The van der Waals surface area contributed by atoms with Gasteiger partial charge in [-0.15, -0.1) is 0 Å². The van der Waals surface area contributed by atoms with Crippen LogP contribution in [0, 0.1) is 28.3 Å². The minimum absolute atomic E-state index is 0.194. The van der Waals surface area contributed by atoms with Gasteiger partial charge in [-0.1, -0.05) is 12.1 Å². The molecule has 1 amide bonds. The Morgan fingerprint density at radius 3 is 2.18 bits per heavy atom. The number of carbonyl (C=O) groups excluding carboxylic acids is 1. The first kappa shape index (κ1) is 23.9. The number of amides is 1. The Bertz CT molecular complexity index is 1080. The van der Waals surface area contributed by atoms with E-state index in [2.05, 4.69) is 5.32 Å². The second-order valence-corrected chi connectivity index (χ2v) is 9.27. The van der Waals surface area contributed by atoms with Crippen LogP contribution in [0.25, 0.3) is 0 Å². The average molecular weight is 477 g/mol. The van der Waals surface area contributed by atoms with E-state index in [-0.39, 0.29) is 18.6 Å². The number of carboxylic acid groups (broad SMARTS) is 1. The topological polar surface area (TPSA) is 84.9 Å². The fourth-order valence-corrected chi connectivity index (χ4v) is 4.97. The molecule has 0 aromatic heterocycles. The number of aliphatic carboxylic acids is 1. The molecule has 2 bridgehead atoms. The van der Waals surface area contributed by atoms with Crippen molar-refractivity contribution >= 4 is 11.9 Å². The van der Waals surface area contributed by atoms with Crippen LogP contribution in [0.15, 0.2) is 30.3 Å². The zero-order valence-electron chi connectivity index (χ0n) is 18.8. The molecule has 34 heavy (non-hydrogen) atoms. The normalized spacial score (nSPS) is 23.4. The van der Waals surface area contributed by atoms with Gasteiger partial charge in [0.25, 0.3) is 5.91 Å². The molecular formula is C25H26F3NO5. The minimum Gasteiger partial charge on any atom is -0.497 e. The van der Waals surface area contributed by atoms with Crippen molar-refractivity contribution < 1.29 is 37.3 Å². The van der Waals surface area contributed by atoms with Crippen LogP contribution in [0.5, 0.6) is 11.5 Å². The molecule has 2 N–H and O–H groups in total. The van der Waals surface area contributed by atoms with Crippen LogP contribution in [0.3, 0.4) is 0 Å². The molecule has 0 unspecified atom stereocenters. The van der Waals surface area contributed by atoms with Gasteiger partial charge in [-0.2, -0.15) is 4.39 Å². The van der Waals surface area contributed by atoms with Crippen molar-refractivity contribution in [1.82, 2.24) is 5.32 Å². The summed E-state index contributed by atoms with van der Waals surface area (Å²) in [6.07, 6.45) is 3.46. The number of benzene rings is 2. The maximum absolute atomic E-state index is 14.6. The number of carbonyl (C=O) groups is 2. The highest BCUT2D eigenvalue weighted by Crippen LogP contribution is 2.56. The molecule has 0 radical (unpaired) electrons. The van der Waals surface area contributed by atoms with E-state index in [1.807, 2.05) is 0 Å². The quantitative estimate of drug-likeness (QED) is 0.531. The van der Waals surface area contributed by atoms with Crippen LogP contribution in [0.1, 0.15) is 54.4 Å². The van der Waals surface area contributed by atoms with Crippen LogP contribution in [-0.4, -0.2) is 30.6 Å². The predicted octanol–water partition coefficient (Wildman–Crippen LogP) is 4.85. The molecule has 3 aliphatic carbocycles. The van der Waals surface area contributed by atoms with Gasteiger partial charge >= 0.3 is 5.97 Å². The van der Waals surface area contributed by atoms with Crippen LogP contribution in [0.4, 0.5) is 13.2 Å². The summed E-state index contributed by atoms with van der Waals surface area (Å²) in [5.74, 6) is -6.24. The molecule has 6 nitrogen and oxygen atoms in total. The molecule has 3 fully saturated rings. The number of hydrogen-bond donors (Lipinski definition) is 2. The van der Waals surface area contributed by atoms with Gasteiger partial charge in [0.15, 0.2) is 17.4 Å². The van der Waals surface area contributed by atoms with Crippen molar-refractivity contribution in [3.63, 3.8) is 0 Å². The van der Waals surface area contributed by atoms with Crippen LogP contribution < -0.4 is 14.8 Å². The van der Waals surface area contributed by atoms with E-state index < -0.39 is 46.1 Å². The molecule has 0 heterocycles. The van der Waals surface area contributed by atoms with Gasteiger partial charge in [-0.05, 0) is 67.7 Å². The standard InChI is InChI=1S/C25H26F3NO5/c1-33-16-4-2-15(3-5-16)13-34-21-18(26)12-17(19(27)20(21)28)22(30)29-14-24-6-9-25(10-7-24,11-8-24)23(31)32/h2-5,12H,6-11,13-14H2,1H3,(H,29,30)(H,31,32). The van der Waals surface area contributed by atoms with E-state index in [0.717, 1.165) is 0 Å². The second kappa shape index (κ2) is 9.19. The van der Waals surface area contributed by atoms with Crippen molar-refractivity contribution in [1.29, 1.82) is 0 Å². The number of halogens is 3. The molecule has 9 heteroatoms. The van der Waals surface area contributed by atoms with Gasteiger partial charge in [0, 0.05) is 6.54 Å². The highest BCUT2D eigenvalue weighted by molar-refractivity contribution is 5.94. The Morgan fingerprint density at radius 2 is 1.62 bits per heavy atom. The fourth-order valence-electron chi connectivity index (χ4n) is 4.97. The zero-order valence-corrected chi connectivity index (χ0v) is 18.8. The maximum Gasteiger partial charge on any atom is 0.309 e. The van der Waals surface area contributed by atoms with Crippen LogP contribution in [0.2, 0.25) is 0 Å². The highest BCUT2D eigenvalue weighted by atomic mass is 19.2. The van der Waals surface area contributed by atoms with Crippen LogP contribution in [-0.2, 0) is 11.4 Å². The van der Waals surface area contributed by atoms with E-state index in [1.54, 1.807) is 24.3 Å². The largest absolute Gasteiger partial charge is 0.497 e. The van der Waals surface area contributed by atoms with E-state index >= 15 is 0 Å². The van der Waals surface area contributed by atoms with Gasteiger partial charge in [-0.3, -0.25) is 9.59 Å². The molecule has 0 saturated heterocycles. The summed E-state index contributed by atoms with van der Waals surface area (Å²) >= 11 is 0. The molecular weight excluding hydrogens is 451 g/mol. The number of nitrogens with one attached hydrogen (secondary N) is 1. The highest BCUT2D eigenvalue weighted by Gasteiger charge is 2.52. The number of rotatable bonds is 8. The third-order valence-electron chi connectivity index (χ3n) is 7.38. The van der Waals surface area contributed by atoms with Crippen molar-refractivity contribution in [2.75, 3.05) is 13.7 Å². The number of hydrogen-bond acceptors (Lipinski definition) is 4. The third kappa shape index (κ3) is 4.43. The Morgan fingerprint density at radius 1 is 1.00 bits per heavy atom. The first-order valence-corrected chi connectivity index (χ1v) is 11.1. The van der Waals surface area contributed by atoms with Crippen molar-refractivity contribution in [3.8, 4) is 11.5 Å². The molecule has 2 aromatic carbocycles. The Labute approximate surface area is 195 Å². The predicted molar refractivity (Wildman–Crippen MR) is 116 cm³/mol. The van der Waals surface area contributed by atoms with Crippen molar-refractivity contribution in [2.45, 2.75) is 45.1 Å². The SMILES string of the molecule is COc1ccc(COc2c(F)cc(C(=O)NCC34CCC(C(=O)O)(CC3)CC4)c(F)c2F)cc1. The summed E-state index contributed by atoms with van der Waals surface area (Å²) < 4.78 is 54.0. The van der Waals surface area contributed by atoms with Crippen LogP contribution >= 0.6 is 0 Å². The van der Waals surface area contributed by atoms with Gasteiger partial charge in [0.05, 0.1) is 18.1 Å². The van der Waals surface area contributed by atoms with Crippen molar-refractivity contribution in [3.05, 3.63) is 58.9 Å². The van der Waals surface area contributed by atoms with Gasteiger partial charge in [0.1, 0.15) is 12.4 Å². The second-order valence-electron chi connectivity index (χ2n) is 9.27. The first-order valence-electron chi connectivity index (χ1n) is 11.1. The van der Waals surface area contributed by atoms with Gasteiger partial charge in [0.2, 0.25) is 5.82 Å². The smallest absolute Gasteiger partial charge is 0.309 e. The van der Waals surface area contributed by atoms with E-state index in [9.17, 15) is 27.9 Å². The zero-order chi connectivity index (χ0) is 24.5. The van der Waals surface area contributed by atoms with E-state index in [4.69, 9.17) is 9.47 Å². The summed E-state index contributed by atoms with van der Waals surface area (Å²) in [5, 5.41) is 12.1. The Balaban J connectivity index is 1.41. The van der Waals surface area contributed by atoms with Gasteiger partial charge < -0.3 is 19.9 Å². The summed E-state index contributed by atoms with van der Waals surface area (Å²) in [5.41, 5.74) is -1.11. The summed E-state index contributed by atoms with van der Waals surface area (Å²) in [7, 11) is 1.50. The minimum atomic E-state index is -1.57. The lowest BCUT2D eigenvalue weighted by Gasteiger charge is -2.51.